The number of rotatable bonds is 8. The summed E-state index contributed by atoms with van der Waals surface area (Å²) in [5, 5.41) is 5.42. The van der Waals surface area contributed by atoms with Gasteiger partial charge >= 0.3 is 0 Å². The molecule has 2 saturated carbocycles. The van der Waals surface area contributed by atoms with Crippen LogP contribution in [0.2, 0.25) is 0 Å². The van der Waals surface area contributed by atoms with E-state index in [1.807, 2.05) is 20.8 Å². The highest BCUT2D eigenvalue weighted by atomic mass is 35.5. The number of fused-ring (bicyclic) bond motifs is 1. The van der Waals surface area contributed by atoms with Crippen LogP contribution in [0.3, 0.4) is 0 Å². The van der Waals surface area contributed by atoms with Crippen LogP contribution in [0.4, 0.5) is 0 Å². The number of carbonyl (C=O) groups excluding carboxylic acids is 4. The van der Waals surface area contributed by atoms with Crippen molar-refractivity contribution in [2.45, 2.75) is 84.5 Å². The van der Waals surface area contributed by atoms with Crippen molar-refractivity contribution in [2.75, 3.05) is 6.54 Å². The fourth-order valence-corrected chi connectivity index (χ4v) is 4.76. The number of terminal acetylenes is 1. The Labute approximate surface area is 202 Å². The van der Waals surface area contributed by atoms with Crippen molar-refractivity contribution in [1.82, 2.24) is 15.5 Å². The third-order valence-corrected chi connectivity index (χ3v) is 7.31. The summed E-state index contributed by atoms with van der Waals surface area (Å²) in [4.78, 5) is 53.2. The van der Waals surface area contributed by atoms with Gasteiger partial charge in [0.05, 0.1) is 12.1 Å². The number of ketones is 1. The maximum Gasteiger partial charge on any atom is 0.289 e. The van der Waals surface area contributed by atoms with E-state index in [2.05, 4.69) is 30.4 Å². The molecule has 33 heavy (non-hydrogen) atoms. The minimum absolute atomic E-state index is 0. The SMILES string of the molecule is C#CCCC(NC(=O)[C@@H]1[C@@H]2[C@H](CN1C(=O)[C@@H](N)C(C)(C)C)C2(C)C)C(=O)C(=O)NC1CC1.Cl. The van der Waals surface area contributed by atoms with Gasteiger partial charge in [-0.2, -0.15) is 0 Å². The van der Waals surface area contributed by atoms with Crippen molar-refractivity contribution in [1.29, 1.82) is 0 Å². The molecule has 0 aromatic heterocycles. The van der Waals surface area contributed by atoms with Crippen LogP contribution >= 0.6 is 12.4 Å². The summed E-state index contributed by atoms with van der Waals surface area (Å²) in [7, 11) is 0. The zero-order chi connectivity index (χ0) is 24.0. The lowest BCUT2D eigenvalue weighted by Crippen LogP contribution is -2.59. The Morgan fingerprint density at radius 1 is 1.21 bits per heavy atom. The number of amides is 3. The summed E-state index contributed by atoms with van der Waals surface area (Å²) < 4.78 is 0. The lowest BCUT2D eigenvalue weighted by molar-refractivity contribution is -0.145. The topological polar surface area (TPSA) is 122 Å². The number of hydrogen-bond donors (Lipinski definition) is 3. The Morgan fingerprint density at radius 3 is 2.33 bits per heavy atom. The minimum Gasteiger partial charge on any atom is -0.347 e. The predicted octanol–water partition coefficient (Wildman–Crippen LogP) is 1.01. The van der Waals surface area contributed by atoms with E-state index >= 15 is 0 Å². The molecule has 0 aromatic rings. The summed E-state index contributed by atoms with van der Waals surface area (Å²) in [5.74, 6) is 0.561. The van der Waals surface area contributed by atoms with Gasteiger partial charge in [0.15, 0.2) is 0 Å². The number of piperidine rings is 1. The monoisotopic (exact) mass is 480 g/mol. The van der Waals surface area contributed by atoms with Gasteiger partial charge in [0.1, 0.15) is 6.04 Å². The average molecular weight is 481 g/mol. The molecule has 3 fully saturated rings. The number of hydrogen-bond acceptors (Lipinski definition) is 5. The second-order valence-electron chi connectivity index (χ2n) is 11.1. The van der Waals surface area contributed by atoms with Crippen molar-refractivity contribution in [3.05, 3.63) is 0 Å². The molecule has 1 aliphatic heterocycles. The summed E-state index contributed by atoms with van der Waals surface area (Å²) in [6.45, 7) is 10.3. The van der Waals surface area contributed by atoms with Gasteiger partial charge in [-0.15, -0.1) is 24.8 Å². The molecule has 3 aliphatic rings. The van der Waals surface area contributed by atoms with Crippen LogP contribution in [-0.2, 0) is 19.2 Å². The quantitative estimate of drug-likeness (QED) is 0.353. The molecule has 1 heterocycles. The third kappa shape index (κ3) is 5.52. The fraction of sp³-hybridized carbons (Fsp3) is 0.750. The zero-order valence-electron chi connectivity index (χ0n) is 20.1. The summed E-state index contributed by atoms with van der Waals surface area (Å²) in [6, 6.07) is -2.46. The largest absolute Gasteiger partial charge is 0.347 e. The lowest BCUT2D eigenvalue weighted by Gasteiger charge is -2.36. The summed E-state index contributed by atoms with van der Waals surface area (Å²) in [5.41, 5.74) is 5.69. The summed E-state index contributed by atoms with van der Waals surface area (Å²) in [6.07, 6.45) is 7.47. The van der Waals surface area contributed by atoms with Crippen molar-refractivity contribution in [2.24, 2.45) is 28.4 Å². The molecule has 8 nitrogen and oxygen atoms in total. The van der Waals surface area contributed by atoms with Crippen LogP contribution in [0.15, 0.2) is 0 Å². The van der Waals surface area contributed by atoms with Crippen LogP contribution in [0, 0.1) is 35.0 Å². The second-order valence-corrected chi connectivity index (χ2v) is 11.1. The maximum atomic E-state index is 13.4. The van der Waals surface area contributed by atoms with E-state index in [4.69, 9.17) is 12.2 Å². The fourth-order valence-electron chi connectivity index (χ4n) is 4.76. The average Bonchev–Trinajstić information content (AvgIpc) is 3.55. The molecule has 0 radical (unpaired) electrons. The van der Waals surface area contributed by atoms with Gasteiger partial charge in [-0.05, 0) is 41.9 Å². The first-order valence-electron chi connectivity index (χ1n) is 11.4. The van der Waals surface area contributed by atoms with Gasteiger partial charge in [0.25, 0.3) is 5.91 Å². The molecule has 184 valence electrons. The van der Waals surface area contributed by atoms with Crippen molar-refractivity contribution < 1.29 is 19.2 Å². The Hall–Kier alpha value is -2.11. The number of likely N-dealkylation sites (tertiary alicyclic amines) is 1. The first-order chi connectivity index (χ1) is 14.8. The second kappa shape index (κ2) is 9.63. The van der Waals surface area contributed by atoms with Crippen LogP contribution in [-0.4, -0.2) is 59.1 Å². The Kier molecular flexibility index (Phi) is 7.92. The first kappa shape index (κ1) is 27.1. The molecule has 9 heteroatoms. The zero-order valence-corrected chi connectivity index (χ0v) is 21.0. The normalized spacial score (nSPS) is 26.7. The van der Waals surface area contributed by atoms with Gasteiger partial charge in [0.2, 0.25) is 17.6 Å². The Bertz CT molecular complexity index is 856. The summed E-state index contributed by atoms with van der Waals surface area (Å²) >= 11 is 0. The number of nitrogens with two attached hydrogens (primary N) is 1. The van der Waals surface area contributed by atoms with E-state index in [0.29, 0.717) is 6.54 Å². The van der Waals surface area contributed by atoms with E-state index in [-0.39, 0.29) is 54.4 Å². The lowest BCUT2D eigenvalue weighted by atomic mass is 9.86. The molecule has 4 N–H and O–H groups in total. The molecule has 5 atom stereocenters. The first-order valence-corrected chi connectivity index (χ1v) is 11.4. The molecule has 3 amide bonds. The molecule has 2 aliphatic carbocycles. The van der Waals surface area contributed by atoms with E-state index in [0.717, 1.165) is 12.8 Å². The van der Waals surface area contributed by atoms with Gasteiger partial charge in [-0.3, -0.25) is 19.2 Å². The van der Waals surface area contributed by atoms with Crippen LogP contribution in [0.5, 0.6) is 0 Å². The number of halogens is 1. The molecular formula is C24H37ClN4O4. The molecular weight excluding hydrogens is 444 g/mol. The van der Waals surface area contributed by atoms with Gasteiger partial charge in [0, 0.05) is 19.0 Å². The van der Waals surface area contributed by atoms with E-state index in [1.165, 1.54) is 0 Å². The van der Waals surface area contributed by atoms with E-state index in [9.17, 15) is 19.2 Å². The van der Waals surface area contributed by atoms with Crippen LogP contribution < -0.4 is 16.4 Å². The van der Waals surface area contributed by atoms with E-state index < -0.39 is 41.1 Å². The molecule has 1 saturated heterocycles. The van der Waals surface area contributed by atoms with E-state index in [1.54, 1.807) is 4.90 Å². The van der Waals surface area contributed by atoms with Crippen LogP contribution in [0.1, 0.15) is 60.3 Å². The Morgan fingerprint density at radius 2 is 1.82 bits per heavy atom. The molecule has 0 aromatic carbocycles. The minimum atomic E-state index is -1.02. The smallest absolute Gasteiger partial charge is 0.289 e. The molecule has 0 spiro atoms. The van der Waals surface area contributed by atoms with Crippen molar-refractivity contribution in [3.8, 4) is 12.3 Å². The number of carbonyl (C=O) groups is 4. The Balaban J connectivity index is 0.00000385. The number of nitrogens with one attached hydrogen (secondary N) is 2. The van der Waals surface area contributed by atoms with Gasteiger partial charge in [-0.1, -0.05) is 34.6 Å². The third-order valence-electron chi connectivity index (χ3n) is 7.31. The number of Topliss-reactive ketones (excluding diaryl/α,β-unsaturated/α-hetero) is 1. The van der Waals surface area contributed by atoms with Gasteiger partial charge < -0.3 is 21.3 Å². The highest BCUT2D eigenvalue weighted by molar-refractivity contribution is 6.38. The highest BCUT2D eigenvalue weighted by Gasteiger charge is 2.69. The maximum absolute atomic E-state index is 13.4. The van der Waals surface area contributed by atoms with Crippen molar-refractivity contribution in [3.63, 3.8) is 0 Å². The van der Waals surface area contributed by atoms with Crippen molar-refractivity contribution >= 4 is 35.9 Å². The molecule has 3 rings (SSSR count). The van der Waals surface area contributed by atoms with Crippen LogP contribution in [0.25, 0.3) is 0 Å². The standard InChI is InChI=1S/C24H36N4O4.ClH/c1-7-8-9-15(18(29)21(31)26-13-10-11-13)27-20(30)17-16-14(24(16,5)6)12-28(17)22(32)19(25)23(2,3)4;/h1,13-17,19H,8-12,25H2,2-6H3,(H,26,31)(H,27,30);1H/t14-,15?,16-,17-,19+;/m0./s1. The highest BCUT2D eigenvalue weighted by Crippen LogP contribution is 2.65. The van der Waals surface area contributed by atoms with Gasteiger partial charge in [-0.25, -0.2) is 0 Å². The predicted molar refractivity (Wildman–Crippen MR) is 127 cm³/mol. The molecule has 0 bridgehead atoms. The number of nitrogens with zero attached hydrogens (tertiary/aromatic N) is 1. The molecule has 1 unspecified atom stereocenters.